The molecular formula is C36H30N2O2. The third kappa shape index (κ3) is 5.38. The number of carbonyl (C=O) groups is 1. The van der Waals surface area contributed by atoms with Crippen LogP contribution in [-0.4, -0.2) is 15.9 Å². The van der Waals surface area contributed by atoms with Crippen molar-refractivity contribution in [2.75, 3.05) is 0 Å². The maximum absolute atomic E-state index is 13.3. The van der Waals surface area contributed by atoms with Gasteiger partial charge < -0.3 is 14.7 Å². The van der Waals surface area contributed by atoms with E-state index in [1.807, 2.05) is 85.3 Å². The molecule has 40 heavy (non-hydrogen) atoms. The third-order valence-electron chi connectivity index (χ3n) is 7.23. The lowest BCUT2D eigenvalue weighted by molar-refractivity contribution is -0.147. The van der Waals surface area contributed by atoms with Gasteiger partial charge in [-0.1, -0.05) is 103 Å². The number of hydrogen-bond acceptors (Lipinski definition) is 2. The topological polar surface area (TPSA) is 57.9 Å². The smallest absolute Gasteiger partial charge is 0.307 e. The normalized spacial score (nSPS) is 11.0. The van der Waals surface area contributed by atoms with Crippen molar-refractivity contribution in [3.8, 4) is 0 Å². The zero-order valence-corrected chi connectivity index (χ0v) is 22.1. The summed E-state index contributed by atoms with van der Waals surface area (Å²) in [5.74, 6) is -0.207. The first-order valence-electron chi connectivity index (χ1n) is 13.6. The molecule has 0 amide bonds. The molecule has 7 rings (SSSR count). The highest BCUT2D eigenvalue weighted by Gasteiger charge is 2.23. The van der Waals surface area contributed by atoms with Gasteiger partial charge >= 0.3 is 5.97 Å². The lowest BCUT2D eigenvalue weighted by Gasteiger charge is -2.22. The van der Waals surface area contributed by atoms with Gasteiger partial charge in [0.05, 0.1) is 0 Å². The highest BCUT2D eigenvalue weighted by molar-refractivity contribution is 5.90. The molecule has 0 atom stereocenters. The van der Waals surface area contributed by atoms with Gasteiger partial charge in [0.15, 0.2) is 6.10 Å². The summed E-state index contributed by atoms with van der Waals surface area (Å²) in [6.07, 6.45) is 6.18. The number of fused-ring (bicyclic) bond motifs is 3. The Morgan fingerprint density at radius 1 is 0.625 bits per heavy atom. The quantitative estimate of drug-likeness (QED) is 0.215. The van der Waals surface area contributed by atoms with Crippen molar-refractivity contribution in [3.05, 3.63) is 157 Å². The number of aromatic nitrogens is 2. The number of hydrogen-bond donors (Lipinski definition) is 2. The number of H-pyrrole nitrogens is 2. The molecule has 0 saturated carbocycles. The Morgan fingerprint density at radius 3 is 1.77 bits per heavy atom. The molecule has 0 spiro atoms. The number of ether oxygens (including phenoxy) is 1. The Bertz CT molecular complexity index is 1760. The zero-order valence-electron chi connectivity index (χ0n) is 22.1. The summed E-state index contributed by atoms with van der Waals surface area (Å²) >= 11 is 0. The summed E-state index contributed by atoms with van der Waals surface area (Å²) in [4.78, 5) is 19.4. The van der Waals surface area contributed by atoms with Gasteiger partial charge in [-0.05, 0) is 51.7 Å². The van der Waals surface area contributed by atoms with Crippen LogP contribution in [0, 0.1) is 0 Å². The molecule has 0 fully saturated rings. The Morgan fingerprint density at radius 2 is 1.18 bits per heavy atom. The number of aryl methyl sites for hydroxylation is 1. The van der Waals surface area contributed by atoms with E-state index in [1.165, 1.54) is 0 Å². The molecule has 4 nitrogen and oxygen atoms in total. The molecule has 0 bridgehead atoms. The first kappa shape index (κ1) is 25.2. The summed E-state index contributed by atoms with van der Waals surface area (Å²) in [6.45, 7) is 0. The van der Waals surface area contributed by atoms with Gasteiger partial charge in [0, 0.05) is 47.0 Å². The van der Waals surface area contributed by atoms with Gasteiger partial charge in [-0.2, -0.15) is 0 Å². The van der Waals surface area contributed by atoms with Crippen molar-refractivity contribution < 1.29 is 9.53 Å². The van der Waals surface area contributed by atoms with Gasteiger partial charge in [0.1, 0.15) is 0 Å². The Balaban J connectivity index is 0.000000523. The van der Waals surface area contributed by atoms with Crippen LogP contribution in [0.1, 0.15) is 29.2 Å². The van der Waals surface area contributed by atoms with E-state index >= 15 is 0 Å². The molecule has 0 aliphatic heterocycles. The van der Waals surface area contributed by atoms with E-state index in [0.717, 1.165) is 49.1 Å². The molecule has 0 aliphatic rings. The number of benzene rings is 5. The van der Waals surface area contributed by atoms with E-state index in [1.54, 1.807) is 0 Å². The molecule has 0 saturated heterocycles. The third-order valence-corrected chi connectivity index (χ3v) is 7.23. The van der Waals surface area contributed by atoms with Crippen LogP contribution in [-0.2, 0) is 16.0 Å². The monoisotopic (exact) mass is 522 g/mol. The van der Waals surface area contributed by atoms with Gasteiger partial charge in [0.25, 0.3) is 0 Å². The standard InChI is InChI=1S/C32H25NO2.C4H5N/c34-31(20-19-24-21-33-30-18-6-5-15-27(24)30)35-32(28-16-7-11-22-9-1-3-13-25(22)28)29-17-8-12-23-10-2-4-14-26(23)29;1-2-4-5-3-1/h1-18,21,32-33H,19-20H2;1-5H. The fraction of sp³-hybridized carbons (Fsp3) is 0.0833. The SMILES string of the molecule is O=C(CCc1c[nH]c2ccccc12)OC(c1cccc2ccccc12)c1cccc2ccccc12.c1cc[nH]c1. The first-order chi connectivity index (χ1) is 19.8. The highest BCUT2D eigenvalue weighted by Crippen LogP contribution is 2.36. The number of nitrogens with one attached hydrogen (secondary N) is 2. The molecule has 5 aromatic carbocycles. The van der Waals surface area contributed by atoms with Gasteiger partial charge in [0.2, 0.25) is 0 Å². The second-order valence-corrected chi connectivity index (χ2v) is 9.75. The summed E-state index contributed by atoms with van der Waals surface area (Å²) in [5.41, 5.74) is 4.21. The lowest BCUT2D eigenvalue weighted by Crippen LogP contribution is -2.14. The largest absolute Gasteiger partial charge is 0.452 e. The van der Waals surface area contributed by atoms with Crippen LogP contribution in [0.5, 0.6) is 0 Å². The van der Waals surface area contributed by atoms with Crippen molar-refractivity contribution in [2.24, 2.45) is 0 Å². The van der Waals surface area contributed by atoms with Crippen LogP contribution in [0.25, 0.3) is 32.4 Å². The fourth-order valence-electron chi connectivity index (χ4n) is 5.30. The second kappa shape index (κ2) is 11.7. The molecule has 0 aliphatic carbocycles. The Kier molecular flexibility index (Phi) is 7.40. The lowest BCUT2D eigenvalue weighted by atomic mass is 9.92. The molecule has 0 unspecified atom stereocenters. The maximum Gasteiger partial charge on any atom is 0.307 e. The van der Waals surface area contributed by atoms with E-state index in [4.69, 9.17) is 4.74 Å². The van der Waals surface area contributed by atoms with E-state index in [-0.39, 0.29) is 5.97 Å². The number of carbonyl (C=O) groups excluding carboxylic acids is 1. The Hall–Kier alpha value is -5.09. The van der Waals surface area contributed by atoms with E-state index in [9.17, 15) is 4.79 Å². The molecule has 2 heterocycles. The minimum Gasteiger partial charge on any atom is -0.452 e. The van der Waals surface area contributed by atoms with Gasteiger partial charge in [-0.15, -0.1) is 0 Å². The summed E-state index contributed by atoms with van der Waals surface area (Å²) in [6, 6.07) is 41.0. The maximum atomic E-state index is 13.3. The van der Waals surface area contributed by atoms with E-state index < -0.39 is 6.10 Å². The predicted molar refractivity (Wildman–Crippen MR) is 163 cm³/mol. The molecule has 0 radical (unpaired) electrons. The van der Waals surface area contributed by atoms with Crippen molar-refractivity contribution in [3.63, 3.8) is 0 Å². The average molecular weight is 523 g/mol. The number of aromatic amines is 2. The van der Waals surface area contributed by atoms with Gasteiger partial charge in [-0.3, -0.25) is 4.79 Å². The highest BCUT2D eigenvalue weighted by atomic mass is 16.5. The van der Waals surface area contributed by atoms with Crippen LogP contribution in [0.2, 0.25) is 0 Å². The van der Waals surface area contributed by atoms with Crippen LogP contribution >= 0.6 is 0 Å². The molecule has 2 aromatic heterocycles. The second-order valence-electron chi connectivity index (χ2n) is 9.75. The van der Waals surface area contributed by atoms with Crippen LogP contribution in [0.4, 0.5) is 0 Å². The first-order valence-corrected chi connectivity index (χ1v) is 13.6. The van der Waals surface area contributed by atoms with Crippen LogP contribution in [0.3, 0.4) is 0 Å². The number of rotatable bonds is 6. The predicted octanol–water partition coefficient (Wildman–Crippen LogP) is 8.75. The molecule has 7 aromatic rings. The summed E-state index contributed by atoms with van der Waals surface area (Å²) in [7, 11) is 0. The molecule has 196 valence electrons. The number of para-hydroxylation sites is 1. The Labute approximate surface area is 233 Å². The zero-order chi connectivity index (χ0) is 27.1. The molecule has 4 heteroatoms. The van der Waals surface area contributed by atoms with Crippen molar-refractivity contribution in [2.45, 2.75) is 18.9 Å². The van der Waals surface area contributed by atoms with Crippen LogP contribution < -0.4 is 0 Å². The van der Waals surface area contributed by atoms with E-state index in [2.05, 4.69) is 64.6 Å². The van der Waals surface area contributed by atoms with Crippen molar-refractivity contribution in [1.82, 2.24) is 9.97 Å². The minimum absolute atomic E-state index is 0.207. The molecular weight excluding hydrogens is 492 g/mol. The summed E-state index contributed by atoms with van der Waals surface area (Å²) in [5, 5.41) is 5.60. The van der Waals surface area contributed by atoms with Crippen molar-refractivity contribution in [1.29, 1.82) is 0 Å². The fourth-order valence-corrected chi connectivity index (χ4v) is 5.30. The number of esters is 1. The minimum atomic E-state index is -0.498. The van der Waals surface area contributed by atoms with Crippen molar-refractivity contribution >= 4 is 38.4 Å². The van der Waals surface area contributed by atoms with E-state index in [0.29, 0.717) is 12.8 Å². The molecule has 2 N–H and O–H groups in total. The average Bonchev–Trinajstić information content (AvgIpc) is 3.73. The van der Waals surface area contributed by atoms with Gasteiger partial charge in [-0.25, -0.2) is 0 Å². The summed E-state index contributed by atoms with van der Waals surface area (Å²) < 4.78 is 6.30. The van der Waals surface area contributed by atoms with Crippen LogP contribution in [0.15, 0.2) is 140 Å².